The third kappa shape index (κ3) is 3.42. The normalized spacial score (nSPS) is 11.5. The van der Waals surface area contributed by atoms with Gasteiger partial charge in [-0.25, -0.2) is 4.39 Å². The Hall–Kier alpha value is -1.88. The van der Waals surface area contributed by atoms with Gasteiger partial charge in [0.15, 0.2) is 5.78 Å². The van der Waals surface area contributed by atoms with Crippen molar-refractivity contribution in [1.82, 2.24) is 0 Å². The zero-order valence-electron chi connectivity index (χ0n) is 10.8. The maximum atomic E-state index is 13.2. The van der Waals surface area contributed by atoms with Gasteiger partial charge in [0.1, 0.15) is 5.82 Å². The van der Waals surface area contributed by atoms with Crippen LogP contribution in [-0.4, -0.2) is 5.78 Å². The average molecular weight is 317 g/mol. The van der Waals surface area contributed by atoms with Crippen LogP contribution in [0.4, 0.5) is 17.6 Å². The van der Waals surface area contributed by atoms with Crippen molar-refractivity contribution in [3.63, 3.8) is 0 Å². The van der Waals surface area contributed by atoms with Crippen molar-refractivity contribution in [3.05, 3.63) is 69.5 Å². The lowest BCUT2D eigenvalue weighted by Gasteiger charge is -2.10. The van der Waals surface area contributed by atoms with Crippen LogP contribution in [0.3, 0.4) is 0 Å². The van der Waals surface area contributed by atoms with E-state index >= 15 is 0 Å². The third-order valence-corrected chi connectivity index (χ3v) is 3.06. The van der Waals surface area contributed by atoms with Gasteiger partial charge in [-0.05, 0) is 48.9 Å². The Bertz CT molecular complexity index is 687. The molecule has 0 heterocycles. The molecule has 2 aromatic carbocycles. The predicted octanol–water partition coefficient (Wildman–Crippen LogP) is 5.04. The molecule has 0 saturated heterocycles. The monoisotopic (exact) mass is 316 g/mol. The number of alkyl halides is 3. The summed E-state index contributed by atoms with van der Waals surface area (Å²) in [7, 11) is 0. The topological polar surface area (TPSA) is 17.1 Å². The van der Waals surface area contributed by atoms with Crippen molar-refractivity contribution in [2.75, 3.05) is 0 Å². The lowest BCUT2D eigenvalue weighted by atomic mass is 9.99. The number of rotatable bonds is 2. The van der Waals surface area contributed by atoms with Gasteiger partial charge in [0.2, 0.25) is 0 Å². The number of benzene rings is 2. The van der Waals surface area contributed by atoms with E-state index in [1.54, 1.807) is 13.0 Å². The number of hydrogen-bond donors (Lipinski definition) is 0. The molecule has 0 radical (unpaired) electrons. The maximum Gasteiger partial charge on any atom is 0.419 e. The smallest absolute Gasteiger partial charge is 0.289 e. The van der Waals surface area contributed by atoms with Crippen molar-refractivity contribution in [3.8, 4) is 0 Å². The highest BCUT2D eigenvalue weighted by Gasteiger charge is 2.34. The fraction of sp³-hybridized carbons (Fsp3) is 0.133. The van der Waals surface area contributed by atoms with Gasteiger partial charge in [0.25, 0.3) is 0 Å². The van der Waals surface area contributed by atoms with E-state index in [-0.39, 0.29) is 11.1 Å². The van der Waals surface area contributed by atoms with Crippen LogP contribution in [-0.2, 0) is 6.18 Å². The van der Waals surface area contributed by atoms with Gasteiger partial charge >= 0.3 is 6.18 Å². The van der Waals surface area contributed by atoms with Crippen molar-refractivity contribution < 1.29 is 22.4 Å². The van der Waals surface area contributed by atoms with Gasteiger partial charge in [0.05, 0.1) is 5.56 Å². The Balaban J connectivity index is 2.49. The first-order valence-corrected chi connectivity index (χ1v) is 6.25. The second kappa shape index (κ2) is 5.48. The third-order valence-electron chi connectivity index (χ3n) is 2.84. The van der Waals surface area contributed by atoms with Gasteiger partial charge < -0.3 is 0 Å². The van der Waals surface area contributed by atoms with Crippen LogP contribution >= 0.6 is 11.6 Å². The first-order chi connectivity index (χ1) is 9.68. The van der Waals surface area contributed by atoms with Gasteiger partial charge in [0, 0.05) is 16.1 Å². The van der Waals surface area contributed by atoms with Crippen molar-refractivity contribution in [2.24, 2.45) is 0 Å². The van der Waals surface area contributed by atoms with Crippen LogP contribution in [0.15, 0.2) is 36.4 Å². The van der Waals surface area contributed by atoms with E-state index in [0.29, 0.717) is 22.7 Å². The molecule has 0 amide bonds. The molecular formula is C15H9ClF4O. The summed E-state index contributed by atoms with van der Waals surface area (Å²) in [6, 6.07) is 6.63. The van der Waals surface area contributed by atoms with E-state index in [9.17, 15) is 22.4 Å². The van der Waals surface area contributed by atoms with Crippen LogP contribution < -0.4 is 0 Å². The fourth-order valence-corrected chi connectivity index (χ4v) is 2.21. The van der Waals surface area contributed by atoms with Gasteiger partial charge in [-0.2, -0.15) is 13.2 Å². The summed E-state index contributed by atoms with van der Waals surface area (Å²) in [5.41, 5.74) is -0.860. The lowest BCUT2D eigenvalue weighted by Crippen LogP contribution is -2.11. The first kappa shape index (κ1) is 15.5. The van der Waals surface area contributed by atoms with E-state index in [2.05, 4.69) is 0 Å². The minimum atomic E-state index is -4.86. The summed E-state index contributed by atoms with van der Waals surface area (Å²) in [5.74, 6) is -2.06. The number of carbonyl (C=O) groups is 1. The minimum absolute atomic E-state index is 0.153. The summed E-state index contributed by atoms with van der Waals surface area (Å²) in [6.45, 7) is 1.70. The number of carbonyl (C=O) groups excluding carboxylic acids is 1. The highest BCUT2D eigenvalue weighted by atomic mass is 35.5. The molecule has 6 heteroatoms. The number of halogens is 5. The largest absolute Gasteiger partial charge is 0.419 e. The van der Waals surface area contributed by atoms with Crippen LogP contribution in [0.1, 0.15) is 27.0 Å². The SMILES string of the molecule is Cc1cc(Cl)cc(C(=O)c2ccc(F)c(C(F)(F)F)c2)c1. The predicted molar refractivity (Wildman–Crippen MR) is 71.0 cm³/mol. The Labute approximate surface area is 123 Å². The van der Waals surface area contributed by atoms with Crippen molar-refractivity contribution >= 4 is 17.4 Å². The molecule has 0 fully saturated rings. The Morgan fingerprint density at radius 2 is 1.71 bits per heavy atom. The Morgan fingerprint density at radius 3 is 2.29 bits per heavy atom. The molecule has 0 atom stereocenters. The van der Waals surface area contributed by atoms with Gasteiger partial charge in [-0.1, -0.05) is 11.6 Å². The van der Waals surface area contributed by atoms with E-state index in [4.69, 9.17) is 11.6 Å². The molecule has 0 aliphatic rings. The highest BCUT2D eigenvalue weighted by Crippen LogP contribution is 2.32. The van der Waals surface area contributed by atoms with Gasteiger partial charge in [-0.3, -0.25) is 4.79 Å². The van der Waals surface area contributed by atoms with Crippen LogP contribution in [0.5, 0.6) is 0 Å². The minimum Gasteiger partial charge on any atom is -0.289 e. The number of aryl methyl sites for hydroxylation is 1. The zero-order chi connectivity index (χ0) is 15.8. The van der Waals surface area contributed by atoms with Crippen LogP contribution in [0.2, 0.25) is 5.02 Å². The molecule has 21 heavy (non-hydrogen) atoms. The zero-order valence-corrected chi connectivity index (χ0v) is 11.5. The quantitative estimate of drug-likeness (QED) is 0.560. The summed E-state index contributed by atoms with van der Waals surface area (Å²) in [6.07, 6.45) is -4.86. The van der Waals surface area contributed by atoms with Crippen LogP contribution in [0.25, 0.3) is 0 Å². The number of ketones is 1. The summed E-state index contributed by atoms with van der Waals surface area (Å²) in [4.78, 5) is 12.2. The molecule has 0 aromatic heterocycles. The molecule has 0 bridgehead atoms. The molecule has 1 nitrogen and oxygen atoms in total. The number of hydrogen-bond acceptors (Lipinski definition) is 1. The van der Waals surface area contributed by atoms with E-state index in [1.807, 2.05) is 0 Å². The average Bonchev–Trinajstić information content (AvgIpc) is 2.36. The lowest BCUT2D eigenvalue weighted by molar-refractivity contribution is -0.140. The van der Waals surface area contributed by atoms with E-state index < -0.39 is 23.3 Å². The highest BCUT2D eigenvalue weighted by molar-refractivity contribution is 6.31. The molecule has 2 rings (SSSR count). The molecule has 0 unspecified atom stereocenters. The maximum absolute atomic E-state index is 13.2. The summed E-state index contributed by atoms with van der Waals surface area (Å²) < 4.78 is 51.2. The standard InChI is InChI=1S/C15H9ClF4O/c1-8-4-10(6-11(16)5-8)14(21)9-2-3-13(17)12(7-9)15(18,19)20/h2-7H,1H3. The molecular weight excluding hydrogens is 308 g/mol. The first-order valence-electron chi connectivity index (χ1n) is 5.87. The molecule has 110 valence electrons. The summed E-state index contributed by atoms with van der Waals surface area (Å²) in [5, 5.41) is 0.302. The fourth-order valence-electron chi connectivity index (χ4n) is 1.92. The van der Waals surface area contributed by atoms with Crippen molar-refractivity contribution in [1.29, 1.82) is 0 Å². The molecule has 0 spiro atoms. The molecule has 0 N–H and O–H groups in total. The van der Waals surface area contributed by atoms with Crippen molar-refractivity contribution in [2.45, 2.75) is 13.1 Å². The molecule has 0 aliphatic carbocycles. The molecule has 0 aliphatic heterocycles. The van der Waals surface area contributed by atoms with Gasteiger partial charge in [-0.15, -0.1) is 0 Å². The molecule has 2 aromatic rings. The summed E-state index contributed by atoms with van der Waals surface area (Å²) >= 11 is 5.82. The van der Waals surface area contributed by atoms with E-state index in [1.165, 1.54) is 12.1 Å². The second-order valence-corrected chi connectivity index (χ2v) is 4.98. The van der Waals surface area contributed by atoms with E-state index in [0.717, 1.165) is 6.07 Å². The Morgan fingerprint density at radius 1 is 1.05 bits per heavy atom. The molecule has 0 saturated carbocycles. The second-order valence-electron chi connectivity index (χ2n) is 4.54. The Kier molecular flexibility index (Phi) is 4.05. The van der Waals surface area contributed by atoms with Crippen LogP contribution in [0, 0.1) is 12.7 Å².